The van der Waals surface area contributed by atoms with E-state index in [-0.39, 0.29) is 0 Å². The minimum Gasteiger partial charge on any atom is -0.309 e. The van der Waals surface area contributed by atoms with Gasteiger partial charge < -0.3 is 5.32 Å². The topological polar surface area (TPSA) is 15.3 Å². The molecule has 1 saturated carbocycles. The lowest BCUT2D eigenvalue weighted by Crippen LogP contribution is -2.16. The zero-order chi connectivity index (χ0) is 13.9. The van der Waals surface area contributed by atoms with Crippen LogP contribution in [-0.4, -0.2) is 18.0 Å². The molecule has 0 aliphatic heterocycles. The molecule has 2 aromatic heterocycles. The monoisotopic (exact) mass is 370 g/mol. The van der Waals surface area contributed by atoms with Crippen LogP contribution in [0.4, 0.5) is 0 Å². The van der Waals surface area contributed by atoms with Gasteiger partial charge in [-0.15, -0.1) is 22.7 Å². The van der Waals surface area contributed by atoms with Gasteiger partial charge >= 0.3 is 0 Å². The zero-order valence-corrected chi connectivity index (χ0v) is 14.8. The number of rotatable bonds is 7. The van der Waals surface area contributed by atoms with Gasteiger partial charge in [0.05, 0.1) is 3.79 Å². The number of hydrogen-bond donors (Lipinski definition) is 1. The van der Waals surface area contributed by atoms with E-state index in [0.717, 1.165) is 25.7 Å². The Bertz CT molecular complexity index is 560. The lowest BCUT2D eigenvalue weighted by atomic mass is 10.3. The highest BCUT2D eigenvalue weighted by Crippen LogP contribution is 2.24. The summed E-state index contributed by atoms with van der Waals surface area (Å²) in [4.78, 5) is 5.28. The Labute approximate surface area is 136 Å². The van der Waals surface area contributed by atoms with Gasteiger partial charge in [0.25, 0.3) is 0 Å². The molecule has 0 radical (unpaired) electrons. The van der Waals surface area contributed by atoms with E-state index in [1.807, 2.05) is 11.3 Å². The fourth-order valence-electron chi connectivity index (χ4n) is 2.20. The number of thiophene rings is 2. The first-order chi connectivity index (χ1) is 9.69. The fraction of sp³-hybridized carbons (Fsp3) is 0.467. The highest BCUT2D eigenvalue weighted by atomic mass is 79.9. The van der Waals surface area contributed by atoms with Crippen molar-refractivity contribution in [2.24, 2.45) is 0 Å². The molecule has 1 fully saturated rings. The van der Waals surface area contributed by atoms with Crippen LogP contribution in [0.1, 0.15) is 28.2 Å². The van der Waals surface area contributed by atoms with Crippen LogP contribution in [0.25, 0.3) is 0 Å². The minimum atomic E-state index is 0.792. The molecule has 1 aliphatic rings. The van der Waals surface area contributed by atoms with Gasteiger partial charge in [0.1, 0.15) is 0 Å². The molecule has 108 valence electrons. The lowest BCUT2D eigenvalue weighted by molar-refractivity contribution is 0.322. The average Bonchev–Trinajstić information content (AvgIpc) is 3.00. The largest absolute Gasteiger partial charge is 0.309 e. The van der Waals surface area contributed by atoms with Crippen LogP contribution >= 0.6 is 38.6 Å². The first kappa shape index (κ1) is 14.7. The van der Waals surface area contributed by atoms with Gasteiger partial charge in [-0.05, 0) is 65.0 Å². The lowest BCUT2D eigenvalue weighted by Gasteiger charge is -2.14. The minimum absolute atomic E-state index is 0.792. The van der Waals surface area contributed by atoms with Gasteiger partial charge in [0.15, 0.2) is 0 Å². The number of nitrogens with zero attached hydrogens (tertiary/aromatic N) is 1. The van der Waals surface area contributed by atoms with Gasteiger partial charge in [-0.2, -0.15) is 0 Å². The van der Waals surface area contributed by atoms with E-state index in [9.17, 15) is 0 Å². The molecule has 3 rings (SSSR count). The summed E-state index contributed by atoms with van der Waals surface area (Å²) in [6.07, 6.45) is 2.72. The van der Waals surface area contributed by atoms with Crippen molar-refractivity contribution in [2.75, 3.05) is 7.05 Å². The molecule has 5 heteroatoms. The van der Waals surface area contributed by atoms with Crippen LogP contribution in [0, 0.1) is 0 Å². The number of nitrogens with one attached hydrogen (secondary N) is 1. The molecule has 1 N–H and O–H groups in total. The van der Waals surface area contributed by atoms with E-state index in [2.05, 4.69) is 56.8 Å². The molecule has 0 bridgehead atoms. The molecule has 0 aromatic carbocycles. The first-order valence-corrected chi connectivity index (χ1v) is 9.40. The van der Waals surface area contributed by atoms with Gasteiger partial charge in [0, 0.05) is 35.4 Å². The average molecular weight is 371 g/mol. The molecule has 0 unspecified atom stereocenters. The Hall–Kier alpha value is -0.200. The van der Waals surface area contributed by atoms with E-state index in [0.29, 0.717) is 0 Å². The van der Waals surface area contributed by atoms with Crippen molar-refractivity contribution in [3.05, 3.63) is 42.7 Å². The maximum absolute atomic E-state index is 3.58. The van der Waals surface area contributed by atoms with Crippen molar-refractivity contribution in [3.63, 3.8) is 0 Å². The second kappa shape index (κ2) is 6.71. The molecule has 0 atom stereocenters. The SMILES string of the molecule is CN(Cc1csc(Br)c1)Cc1ccc(CNC2CC2)s1. The van der Waals surface area contributed by atoms with E-state index in [1.54, 1.807) is 11.3 Å². The summed E-state index contributed by atoms with van der Waals surface area (Å²) in [5.41, 5.74) is 1.39. The van der Waals surface area contributed by atoms with Crippen molar-refractivity contribution < 1.29 is 0 Å². The third-order valence-electron chi connectivity index (χ3n) is 3.36. The molecule has 2 aromatic rings. The van der Waals surface area contributed by atoms with Crippen LogP contribution in [0.15, 0.2) is 27.4 Å². The van der Waals surface area contributed by atoms with Crippen molar-refractivity contribution >= 4 is 38.6 Å². The third kappa shape index (κ3) is 4.40. The van der Waals surface area contributed by atoms with Crippen LogP contribution in [0.3, 0.4) is 0 Å². The van der Waals surface area contributed by atoms with Crippen LogP contribution < -0.4 is 5.32 Å². The first-order valence-electron chi connectivity index (χ1n) is 6.91. The Kier molecular flexibility index (Phi) is 4.94. The van der Waals surface area contributed by atoms with Crippen molar-refractivity contribution in [3.8, 4) is 0 Å². The molecule has 0 spiro atoms. The highest BCUT2D eigenvalue weighted by Gasteiger charge is 2.20. The zero-order valence-electron chi connectivity index (χ0n) is 11.6. The predicted octanol–water partition coefficient (Wildman–Crippen LogP) is 4.46. The molecular formula is C15H19BrN2S2. The molecule has 1 aliphatic carbocycles. The summed E-state index contributed by atoms with van der Waals surface area (Å²) in [6.45, 7) is 3.08. The van der Waals surface area contributed by atoms with E-state index >= 15 is 0 Å². The molecule has 0 amide bonds. The summed E-state index contributed by atoms with van der Waals surface area (Å²) < 4.78 is 1.21. The highest BCUT2D eigenvalue weighted by molar-refractivity contribution is 9.11. The van der Waals surface area contributed by atoms with Gasteiger partial charge in [-0.1, -0.05) is 0 Å². The fourth-order valence-corrected chi connectivity index (χ4v) is 4.45. The summed E-state index contributed by atoms with van der Waals surface area (Å²) >= 11 is 7.21. The van der Waals surface area contributed by atoms with Gasteiger partial charge in [-0.25, -0.2) is 0 Å². The second-order valence-electron chi connectivity index (χ2n) is 5.45. The quantitative estimate of drug-likeness (QED) is 0.773. The molecule has 0 saturated heterocycles. The summed E-state index contributed by atoms with van der Waals surface area (Å²) in [5, 5.41) is 5.80. The summed E-state index contributed by atoms with van der Waals surface area (Å²) in [7, 11) is 2.19. The smallest absolute Gasteiger partial charge is 0.0701 e. The maximum Gasteiger partial charge on any atom is 0.0701 e. The van der Waals surface area contributed by atoms with E-state index in [4.69, 9.17) is 0 Å². The number of halogens is 1. The Morgan fingerprint density at radius 3 is 2.80 bits per heavy atom. The summed E-state index contributed by atoms with van der Waals surface area (Å²) in [6, 6.07) is 7.54. The Balaban J connectivity index is 1.48. The Morgan fingerprint density at radius 2 is 2.10 bits per heavy atom. The van der Waals surface area contributed by atoms with E-state index < -0.39 is 0 Å². The van der Waals surface area contributed by atoms with E-state index in [1.165, 1.54) is 31.9 Å². The molecular weight excluding hydrogens is 352 g/mol. The maximum atomic E-state index is 3.58. The van der Waals surface area contributed by atoms with Gasteiger partial charge in [-0.3, -0.25) is 4.90 Å². The van der Waals surface area contributed by atoms with Crippen LogP contribution in [0.5, 0.6) is 0 Å². The predicted molar refractivity (Wildman–Crippen MR) is 91.4 cm³/mol. The van der Waals surface area contributed by atoms with Crippen LogP contribution in [0.2, 0.25) is 0 Å². The summed E-state index contributed by atoms with van der Waals surface area (Å²) in [5.74, 6) is 0. The van der Waals surface area contributed by atoms with Crippen molar-refractivity contribution in [2.45, 2.75) is 38.5 Å². The molecule has 2 nitrogen and oxygen atoms in total. The Morgan fingerprint density at radius 1 is 1.30 bits per heavy atom. The third-order valence-corrected chi connectivity index (χ3v) is 5.98. The van der Waals surface area contributed by atoms with Crippen molar-refractivity contribution in [1.29, 1.82) is 0 Å². The van der Waals surface area contributed by atoms with Gasteiger partial charge in [0.2, 0.25) is 0 Å². The second-order valence-corrected chi connectivity index (χ2v) is 9.00. The number of hydrogen-bond acceptors (Lipinski definition) is 4. The van der Waals surface area contributed by atoms with Crippen LogP contribution in [-0.2, 0) is 19.6 Å². The molecule has 20 heavy (non-hydrogen) atoms. The normalized spacial score (nSPS) is 15.2. The standard InChI is InChI=1S/C15H19BrN2S2/c1-18(8-11-6-15(16)19-10-11)9-14-5-4-13(20-14)7-17-12-2-3-12/h4-6,10,12,17H,2-3,7-9H2,1H3. The molecule has 2 heterocycles. The van der Waals surface area contributed by atoms with Crippen molar-refractivity contribution in [1.82, 2.24) is 10.2 Å².